The Morgan fingerprint density at radius 1 is 1.39 bits per heavy atom. The van der Waals surface area contributed by atoms with Gasteiger partial charge in [0.1, 0.15) is 0 Å². The first-order valence-electron chi connectivity index (χ1n) is 7.89. The molecule has 0 atom stereocenters. The predicted octanol–water partition coefficient (Wildman–Crippen LogP) is 4.52. The van der Waals surface area contributed by atoms with Crippen molar-refractivity contribution in [3.8, 4) is 0 Å². The van der Waals surface area contributed by atoms with Gasteiger partial charge < -0.3 is 4.74 Å². The quantitative estimate of drug-likeness (QED) is 0.772. The average molecular weight is 343 g/mol. The number of ether oxygens (including phenoxy) is 1. The molecule has 0 radical (unpaired) electrons. The van der Waals surface area contributed by atoms with Gasteiger partial charge >= 0.3 is 0 Å². The van der Waals surface area contributed by atoms with Gasteiger partial charge in [0.2, 0.25) is 5.92 Å². The van der Waals surface area contributed by atoms with Crippen LogP contribution in [0.4, 0.5) is 8.78 Å². The highest BCUT2D eigenvalue weighted by atomic mass is 32.2. The van der Waals surface area contributed by atoms with Crippen molar-refractivity contribution in [2.45, 2.75) is 51.1 Å². The number of halogens is 2. The van der Waals surface area contributed by atoms with Crippen LogP contribution in [0.15, 0.2) is 18.2 Å². The summed E-state index contributed by atoms with van der Waals surface area (Å²) in [5.74, 6) is -2.75. The van der Waals surface area contributed by atoms with Gasteiger partial charge in [0, 0.05) is 31.3 Å². The number of nitrogens with one attached hydrogen (secondary N) is 1. The molecule has 0 bridgehead atoms. The second kappa shape index (κ2) is 8.11. The summed E-state index contributed by atoms with van der Waals surface area (Å²) >= 11 is 1.23. The van der Waals surface area contributed by atoms with Crippen molar-refractivity contribution < 1.29 is 18.3 Å². The molecule has 0 aromatic heterocycles. The van der Waals surface area contributed by atoms with Gasteiger partial charge in [-0.25, -0.2) is 8.78 Å². The lowest BCUT2D eigenvalue weighted by Gasteiger charge is -2.30. The average Bonchev–Trinajstić information content (AvgIpc) is 2.52. The Morgan fingerprint density at radius 2 is 2.09 bits per heavy atom. The summed E-state index contributed by atoms with van der Waals surface area (Å²) in [7, 11) is 0. The normalized spacial score (nSPS) is 17.9. The topological polar surface area (TPSA) is 38.3 Å². The molecule has 1 aliphatic carbocycles. The van der Waals surface area contributed by atoms with Crippen molar-refractivity contribution in [2.75, 3.05) is 12.9 Å². The largest absolute Gasteiger partial charge is 0.377 e. The molecular formula is C17H23F2NO2S. The molecule has 23 heavy (non-hydrogen) atoms. The molecule has 0 unspecified atom stereocenters. The Balaban J connectivity index is 2.32. The number of benzene rings is 1. The molecule has 0 aliphatic heterocycles. The lowest BCUT2D eigenvalue weighted by atomic mass is 9.79. The fraction of sp³-hybridized carbons (Fsp3) is 0.588. The fourth-order valence-corrected chi connectivity index (χ4v) is 3.35. The smallest absolute Gasteiger partial charge is 0.261 e. The van der Waals surface area contributed by atoms with E-state index in [1.165, 1.54) is 11.9 Å². The molecule has 1 saturated carbocycles. The zero-order valence-corrected chi connectivity index (χ0v) is 14.3. The first-order chi connectivity index (χ1) is 11.0. The SMILES string of the molecule is CCOCc1cccc(C2CCC(F)(F)CC2)c1C(=O)NSC. The van der Waals surface area contributed by atoms with Crippen molar-refractivity contribution in [1.29, 1.82) is 0 Å². The molecule has 3 nitrogen and oxygen atoms in total. The van der Waals surface area contributed by atoms with E-state index in [1.807, 2.05) is 25.1 Å². The number of rotatable bonds is 6. The molecule has 1 aromatic carbocycles. The van der Waals surface area contributed by atoms with Gasteiger partial charge in [-0.15, -0.1) is 0 Å². The second-order valence-electron chi connectivity index (χ2n) is 5.78. The Bertz CT molecular complexity index is 541. The lowest BCUT2D eigenvalue weighted by molar-refractivity contribution is -0.0382. The first kappa shape index (κ1) is 18.2. The van der Waals surface area contributed by atoms with Gasteiger partial charge in [-0.3, -0.25) is 9.52 Å². The van der Waals surface area contributed by atoms with Gasteiger partial charge in [-0.05, 0) is 36.8 Å². The standard InChI is InChI=1S/C17H23F2NO2S/c1-3-22-11-13-5-4-6-14(15(13)16(21)20-23-2)12-7-9-17(18,19)10-8-12/h4-6,12H,3,7-11H2,1-2H3,(H,20,21). The van der Waals surface area contributed by atoms with Crippen LogP contribution in [0.5, 0.6) is 0 Å². The minimum absolute atomic E-state index is 0.00110. The van der Waals surface area contributed by atoms with Gasteiger partial charge in [0.25, 0.3) is 5.91 Å². The third-order valence-electron chi connectivity index (χ3n) is 4.22. The Labute approximate surface area is 140 Å². The number of amides is 1. The van der Waals surface area contributed by atoms with Crippen molar-refractivity contribution in [1.82, 2.24) is 4.72 Å². The maximum atomic E-state index is 13.4. The fourth-order valence-electron chi connectivity index (χ4n) is 3.06. The van der Waals surface area contributed by atoms with Crippen molar-refractivity contribution in [3.63, 3.8) is 0 Å². The Morgan fingerprint density at radius 3 is 2.70 bits per heavy atom. The van der Waals surface area contributed by atoms with E-state index < -0.39 is 5.92 Å². The number of carbonyl (C=O) groups excluding carboxylic acids is 1. The summed E-state index contributed by atoms with van der Waals surface area (Å²) < 4.78 is 35.0. The monoisotopic (exact) mass is 343 g/mol. The van der Waals surface area contributed by atoms with Crippen molar-refractivity contribution in [3.05, 3.63) is 34.9 Å². The Kier molecular flexibility index (Phi) is 6.41. The van der Waals surface area contributed by atoms with Gasteiger partial charge in [0.15, 0.2) is 0 Å². The van der Waals surface area contributed by atoms with E-state index >= 15 is 0 Å². The van der Waals surface area contributed by atoms with Crippen molar-refractivity contribution in [2.24, 2.45) is 0 Å². The minimum atomic E-state index is -2.57. The molecule has 6 heteroatoms. The number of hydrogen-bond donors (Lipinski definition) is 1. The third kappa shape index (κ3) is 4.67. The van der Waals surface area contributed by atoms with E-state index in [9.17, 15) is 13.6 Å². The summed E-state index contributed by atoms with van der Waals surface area (Å²) in [6.07, 6.45) is 2.37. The molecular weight excluding hydrogens is 320 g/mol. The lowest BCUT2D eigenvalue weighted by Crippen LogP contribution is -2.26. The zero-order chi connectivity index (χ0) is 16.9. The van der Waals surface area contributed by atoms with Crippen LogP contribution in [-0.4, -0.2) is 24.7 Å². The van der Waals surface area contributed by atoms with Crippen LogP contribution in [0.25, 0.3) is 0 Å². The zero-order valence-electron chi connectivity index (χ0n) is 13.5. The molecule has 128 valence electrons. The molecule has 1 fully saturated rings. The number of hydrogen-bond acceptors (Lipinski definition) is 3. The minimum Gasteiger partial charge on any atom is -0.377 e. The second-order valence-corrected chi connectivity index (χ2v) is 6.40. The van der Waals surface area contributed by atoms with Gasteiger partial charge in [-0.1, -0.05) is 30.1 Å². The third-order valence-corrected chi connectivity index (χ3v) is 4.61. The van der Waals surface area contributed by atoms with Crippen LogP contribution < -0.4 is 4.72 Å². The van der Waals surface area contributed by atoms with Crippen LogP contribution in [-0.2, 0) is 11.3 Å². The van der Waals surface area contributed by atoms with Crippen LogP contribution in [0.1, 0.15) is 60.0 Å². The van der Waals surface area contributed by atoms with Crippen LogP contribution in [0, 0.1) is 0 Å². The molecule has 1 aromatic rings. The molecule has 0 saturated heterocycles. The van der Waals surface area contributed by atoms with E-state index in [0.717, 1.165) is 11.1 Å². The van der Waals surface area contributed by atoms with E-state index in [4.69, 9.17) is 4.74 Å². The summed E-state index contributed by atoms with van der Waals surface area (Å²) in [6.45, 7) is 2.81. The molecule has 0 spiro atoms. The van der Waals surface area contributed by atoms with Crippen LogP contribution in [0.2, 0.25) is 0 Å². The van der Waals surface area contributed by atoms with Crippen LogP contribution in [0.3, 0.4) is 0 Å². The van der Waals surface area contributed by atoms with Gasteiger partial charge in [0.05, 0.1) is 6.61 Å². The molecule has 0 heterocycles. The summed E-state index contributed by atoms with van der Waals surface area (Å²) in [6, 6.07) is 5.64. The first-order valence-corrected chi connectivity index (χ1v) is 9.11. The van der Waals surface area contributed by atoms with Gasteiger partial charge in [-0.2, -0.15) is 0 Å². The molecule has 1 aliphatic rings. The molecule has 1 N–H and O–H groups in total. The number of carbonyl (C=O) groups is 1. The highest BCUT2D eigenvalue weighted by molar-refractivity contribution is 7.97. The number of alkyl halides is 2. The highest BCUT2D eigenvalue weighted by Gasteiger charge is 2.36. The maximum Gasteiger partial charge on any atom is 0.261 e. The Hall–Kier alpha value is -1.14. The predicted molar refractivity (Wildman–Crippen MR) is 88.9 cm³/mol. The maximum absolute atomic E-state index is 13.4. The van der Waals surface area contributed by atoms with Crippen LogP contribution >= 0.6 is 11.9 Å². The van der Waals surface area contributed by atoms with E-state index in [0.29, 0.717) is 31.6 Å². The van der Waals surface area contributed by atoms with E-state index in [-0.39, 0.29) is 24.7 Å². The van der Waals surface area contributed by atoms with Crippen molar-refractivity contribution >= 4 is 17.9 Å². The molecule has 1 amide bonds. The summed E-state index contributed by atoms with van der Waals surface area (Å²) in [5.41, 5.74) is 2.27. The van der Waals surface area contributed by atoms with E-state index in [2.05, 4.69) is 4.72 Å². The highest BCUT2D eigenvalue weighted by Crippen LogP contribution is 2.42. The van der Waals surface area contributed by atoms with E-state index in [1.54, 1.807) is 6.26 Å². The molecule has 2 rings (SSSR count). The summed E-state index contributed by atoms with van der Waals surface area (Å²) in [5, 5.41) is 0. The summed E-state index contributed by atoms with van der Waals surface area (Å²) in [4.78, 5) is 12.5.